The normalized spacial score (nSPS) is 20.5. The maximum atomic E-state index is 12.0. The largest absolute Gasteiger partial charge is 0.355 e. The number of aliphatic imine (C=N–C) groups is 1. The Morgan fingerprint density at radius 2 is 1.78 bits per heavy atom. The number of likely N-dealkylation sites (N-methyl/N-ethyl adjacent to an activating group) is 2. The molecule has 0 aromatic heterocycles. The Morgan fingerprint density at radius 3 is 2.41 bits per heavy atom. The van der Waals surface area contributed by atoms with Gasteiger partial charge in [0.05, 0.1) is 6.54 Å². The maximum Gasteiger partial charge on any atom is 0.243 e. The third-order valence-corrected chi connectivity index (χ3v) is 6.15. The number of nitrogens with one attached hydrogen (secondary N) is 3. The second kappa shape index (κ2) is 15.7. The van der Waals surface area contributed by atoms with E-state index < -0.39 is 0 Å². The molecule has 2 heterocycles. The maximum absolute atomic E-state index is 12.0. The van der Waals surface area contributed by atoms with Gasteiger partial charge in [-0.3, -0.25) is 19.4 Å². The number of amides is 2. The summed E-state index contributed by atoms with van der Waals surface area (Å²) >= 11 is 0. The van der Waals surface area contributed by atoms with E-state index in [4.69, 9.17) is 0 Å². The Hall–Kier alpha value is -1.14. The highest BCUT2D eigenvalue weighted by Gasteiger charge is 2.25. The Balaban J connectivity index is 0.00000512. The molecule has 32 heavy (non-hydrogen) atoms. The lowest BCUT2D eigenvalue weighted by molar-refractivity contribution is -0.127. The number of carbonyl (C=O) groups is 2. The van der Waals surface area contributed by atoms with Crippen molar-refractivity contribution in [2.45, 2.75) is 58.0 Å². The van der Waals surface area contributed by atoms with E-state index in [-0.39, 0.29) is 42.3 Å². The molecular formula is C22H44IN7O2. The Labute approximate surface area is 211 Å². The van der Waals surface area contributed by atoms with Crippen molar-refractivity contribution in [1.82, 2.24) is 30.7 Å². The average molecular weight is 566 g/mol. The molecule has 0 radical (unpaired) electrons. The van der Waals surface area contributed by atoms with E-state index in [1.165, 1.54) is 12.8 Å². The number of carbonyl (C=O) groups excluding carboxylic acids is 2. The molecule has 2 fully saturated rings. The first-order valence-electron chi connectivity index (χ1n) is 11.9. The van der Waals surface area contributed by atoms with Crippen molar-refractivity contribution in [3.8, 4) is 0 Å². The van der Waals surface area contributed by atoms with Gasteiger partial charge in [0.15, 0.2) is 5.96 Å². The van der Waals surface area contributed by atoms with Gasteiger partial charge in [-0.15, -0.1) is 24.0 Å². The van der Waals surface area contributed by atoms with Gasteiger partial charge in [0.1, 0.15) is 6.54 Å². The molecule has 186 valence electrons. The number of likely N-dealkylation sites (tertiary alicyclic amines) is 2. The lowest BCUT2D eigenvalue weighted by atomic mass is 10.1. The number of hydrogen-bond acceptors (Lipinski definition) is 5. The van der Waals surface area contributed by atoms with Crippen LogP contribution in [-0.2, 0) is 9.59 Å². The second-order valence-electron chi connectivity index (χ2n) is 8.80. The van der Waals surface area contributed by atoms with Crippen molar-refractivity contribution >= 4 is 41.8 Å². The van der Waals surface area contributed by atoms with Gasteiger partial charge in [-0.1, -0.05) is 13.8 Å². The average Bonchev–Trinajstić information content (AvgIpc) is 3.22. The van der Waals surface area contributed by atoms with Crippen LogP contribution in [0.15, 0.2) is 4.99 Å². The third-order valence-electron chi connectivity index (χ3n) is 6.15. The molecule has 0 aromatic carbocycles. The highest BCUT2D eigenvalue weighted by Crippen LogP contribution is 2.15. The Morgan fingerprint density at radius 1 is 1.06 bits per heavy atom. The summed E-state index contributed by atoms with van der Waals surface area (Å²) in [6, 6.07) is 0.812. The molecule has 2 aliphatic heterocycles. The van der Waals surface area contributed by atoms with Gasteiger partial charge in [-0.2, -0.15) is 0 Å². The fourth-order valence-corrected chi connectivity index (χ4v) is 4.15. The van der Waals surface area contributed by atoms with Gasteiger partial charge in [0.2, 0.25) is 11.8 Å². The van der Waals surface area contributed by atoms with Crippen LogP contribution in [0.2, 0.25) is 0 Å². The number of guanidine groups is 1. The fraction of sp³-hybridized carbons (Fsp3) is 0.864. The van der Waals surface area contributed by atoms with E-state index in [2.05, 4.69) is 44.6 Å². The van der Waals surface area contributed by atoms with E-state index >= 15 is 0 Å². The van der Waals surface area contributed by atoms with Crippen LogP contribution in [0.4, 0.5) is 0 Å². The number of rotatable bonds is 10. The number of halogens is 1. The fourth-order valence-electron chi connectivity index (χ4n) is 4.15. The van der Waals surface area contributed by atoms with Crippen molar-refractivity contribution in [1.29, 1.82) is 0 Å². The minimum atomic E-state index is -0.00920. The summed E-state index contributed by atoms with van der Waals surface area (Å²) in [6.45, 7) is 10.4. The summed E-state index contributed by atoms with van der Waals surface area (Å²) in [5.74, 6) is 0.818. The first-order valence-corrected chi connectivity index (χ1v) is 11.9. The summed E-state index contributed by atoms with van der Waals surface area (Å²) in [6.07, 6.45) is 5.30. The topological polar surface area (TPSA) is 92.3 Å². The van der Waals surface area contributed by atoms with Crippen molar-refractivity contribution in [2.24, 2.45) is 4.99 Å². The highest BCUT2D eigenvalue weighted by atomic mass is 127. The zero-order chi connectivity index (χ0) is 22.6. The van der Waals surface area contributed by atoms with Crippen LogP contribution in [0.5, 0.6) is 0 Å². The minimum absolute atomic E-state index is 0. The first kappa shape index (κ1) is 28.9. The summed E-state index contributed by atoms with van der Waals surface area (Å²) < 4.78 is 0. The minimum Gasteiger partial charge on any atom is -0.355 e. The number of nitrogens with zero attached hydrogens (tertiary/aromatic N) is 4. The molecule has 0 bridgehead atoms. The molecule has 2 amide bonds. The van der Waals surface area contributed by atoms with Crippen LogP contribution < -0.4 is 16.0 Å². The molecule has 1 unspecified atom stereocenters. The van der Waals surface area contributed by atoms with Crippen LogP contribution in [-0.4, -0.2) is 111 Å². The molecule has 9 nitrogen and oxygen atoms in total. The molecule has 2 aliphatic rings. The molecular weight excluding hydrogens is 521 g/mol. The van der Waals surface area contributed by atoms with Gasteiger partial charge >= 0.3 is 0 Å². The Bertz CT molecular complexity index is 595. The van der Waals surface area contributed by atoms with Gasteiger partial charge in [-0.25, -0.2) is 4.99 Å². The van der Waals surface area contributed by atoms with Crippen molar-refractivity contribution in [3.05, 3.63) is 0 Å². The standard InChI is InChI=1S/C22H43N7O2.HI/c1-5-11-23-20(30)17-28-13-9-18(10-14-28)26-22(25-16-21(31)27(3)4)24-15-19-8-7-12-29(19)6-2;/h18-19H,5-17H2,1-4H3,(H,23,30)(H2,24,25,26);1H. The van der Waals surface area contributed by atoms with E-state index in [0.717, 1.165) is 64.5 Å². The monoisotopic (exact) mass is 565 g/mol. The summed E-state index contributed by atoms with van der Waals surface area (Å²) in [5.41, 5.74) is 0. The molecule has 0 aromatic rings. The van der Waals surface area contributed by atoms with Gasteiger partial charge in [-0.05, 0) is 45.2 Å². The third kappa shape index (κ3) is 10.2. The van der Waals surface area contributed by atoms with Crippen LogP contribution >= 0.6 is 24.0 Å². The summed E-state index contributed by atoms with van der Waals surface area (Å²) in [4.78, 5) is 34.8. The molecule has 0 saturated carbocycles. The van der Waals surface area contributed by atoms with E-state index in [9.17, 15) is 9.59 Å². The van der Waals surface area contributed by atoms with Crippen molar-refractivity contribution in [3.63, 3.8) is 0 Å². The smallest absolute Gasteiger partial charge is 0.243 e. The van der Waals surface area contributed by atoms with Crippen LogP contribution in [0.1, 0.15) is 46.0 Å². The Kier molecular flexibility index (Phi) is 14.1. The zero-order valence-electron chi connectivity index (χ0n) is 20.4. The highest BCUT2D eigenvalue weighted by molar-refractivity contribution is 14.0. The van der Waals surface area contributed by atoms with Gasteiger partial charge in [0, 0.05) is 52.4 Å². The predicted molar refractivity (Wildman–Crippen MR) is 141 cm³/mol. The number of piperidine rings is 1. The summed E-state index contributed by atoms with van der Waals surface area (Å²) in [7, 11) is 3.50. The molecule has 0 spiro atoms. The zero-order valence-corrected chi connectivity index (χ0v) is 22.7. The van der Waals surface area contributed by atoms with Gasteiger partial charge in [0.25, 0.3) is 0 Å². The quantitative estimate of drug-likeness (QED) is 0.205. The molecule has 10 heteroatoms. The van der Waals surface area contributed by atoms with Crippen LogP contribution in [0.3, 0.4) is 0 Å². The second-order valence-corrected chi connectivity index (χ2v) is 8.80. The first-order chi connectivity index (χ1) is 14.9. The van der Waals surface area contributed by atoms with E-state index in [1.807, 2.05) is 0 Å². The SMILES string of the molecule is CCCNC(=O)CN1CCC(NC(=NCC(=O)N(C)C)NCC2CCCN2CC)CC1.I. The summed E-state index contributed by atoms with van der Waals surface area (Å²) in [5, 5.41) is 9.97. The van der Waals surface area contributed by atoms with Gasteiger partial charge < -0.3 is 20.9 Å². The van der Waals surface area contributed by atoms with E-state index in [1.54, 1.807) is 19.0 Å². The lowest BCUT2D eigenvalue weighted by Gasteiger charge is -2.33. The molecule has 2 rings (SSSR count). The molecule has 1 atom stereocenters. The van der Waals surface area contributed by atoms with Crippen molar-refractivity contribution in [2.75, 3.05) is 66.5 Å². The lowest BCUT2D eigenvalue weighted by Crippen LogP contribution is -2.52. The molecule has 0 aliphatic carbocycles. The van der Waals surface area contributed by atoms with Crippen molar-refractivity contribution < 1.29 is 9.59 Å². The van der Waals surface area contributed by atoms with Crippen LogP contribution in [0.25, 0.3) is 0 Å². The predicted octanol–water partition coefficient (Wildman–Crippen LogP) is 0.703. The van der Waals surface area contributed by atoms with E-state index in [0.29, 0.717) is 18.6 Å². The number of hydrogen-bond donors (Lipinski definition) is 3. The van der Waals surface area contributed by atoms with Crippen LogP contribution in [0, 0.1) is 0 Å². The molecule has 3 N–H and O–H groups in total. The molecule has 2 saturated heterocycles.